The molecule has 0 saturated carbocycles. The van der Waals surface area contributed by atoms with Gasteiger partial charge in [-0.1, -0.05) is 11.8 Å². The number of benzene rings is 2. The molecule has 0 saturated heterocycles. The van der Waals surface area contributed by atoms with Crippen LogP contribution in [0, 0.1) is 17.5 Å². The highest BCUT2D eigenvalue weighted by Crippen LogP contribution is 2.34. The van der Waals surface area contributed by atoms with Crippen molar-refractivity contribution in [1.29, 1.82) is 0 Å². The van der Waals surface area contributed by atoms with Crippen LogP contribution < -0.4 is 5.73 Å². The van der Waals surface area contributed by atoms with Crippen LogP contribution in [-0.4, -0.2) is 0 Å². The van der Waals surface area contributed by atoms with E-state index in [2.05, 4.69) is 0 Å². The minimum absolute atomic E-state index is 0.147. The van der Waals surface area contributed by atoms with E-state index in [4.69, 9.17) is 5.73 Å². The Labute approximate surface area is 113 Å². The van der Waals surface area contributed by atoms with Crippen LogP contribution in [0.25, 0.3) is 0 Å². The van der Waals surface area contributed by atoms with Gasteiger partial charge in [0, 0.05) is 10.9 Å². The van der Waals surface area contributed by atoms with Gasteiger partial charge in [0.25, 0.3) is 0 Å². The zero-order valence-corrected chi connectivity index (χ0v) is 11.0. The summed E-state index contributed by atoms with van der Waals surface area (Å²) in [6.07, 6.45) is 0. The van der Waals surface area contributed by atoms with Gasteiger partial charge in [0.1, 0.15) is 17.5 Å². The average molecular weight is 283 g/mol. The topological polar surface area (TPSA) is 26.0 Å². The van der Waals surface area contributed by atoms with Crippen LogP contribution in [0.15, 0.2) is 46.2 Å². The Hall–Kier alpha value is -1.46. The molecule has 0 amide bonds. The number of rotatable bonds is 3. The van der Waals surface area contributed by atoms with E-state index in [9.17, 15) is 13.2 Å². The van der Waals surface area contributed by atoms with Crippen LogP contribution in [0.2, 0.25) is 0 Å². The smallest absolute Gasteiger partial charge is 0.137 e. The van der Waals surface area contributed by atoms with Crippen LogP contribution in [0.1, 0.15) is 18.5 Å². The third-order valence-electron chi connectivity index (χ3n) is 2.58. The molecule has 0 bridgehead atoms. The summed E-state index contributed by atoms with van der Waals surface area (Å²) in [5, 5.41) is 0. The molecule has 19 heavy (non-hydrogen) atoms. The average Bonchev–Trinajstić information content (AvgIpc) is 2.35. The Bertz CT molecular complexity index is 599. The van der Waals surface area contributed by atoms with Crippen molar-refractivity contribution in [3.63, 3.8) is 0 Å². The van der Waals surface area contributed by atoms with Crippen LogP contribution >= 0.6 is 11.8 Å². The lowest BCUT2D eigenvalue weighted by Crippen LogP contribution is -2.06. The lowest BCUT2D eigenvalue weighted by atomic mass is 10.1. The Morgan fingerprint density at radius 1 is 0.947 bits per heavy atom. The van der Waals surface area contributed by atoms with Crippen molar-refractivity contribution in [2.75, 3.05) is 0 Å². The molecule has 100 valence electrons. The number of halogens is 3. The first-order chi connectivity index (χ1) is 8.97. The molecule has 2 aromatic rings. The summed E-state index contributed by atoms with van der Waals surface area (Å²) in [6, 6.07) is 6.92. The Kier molecular flexibility index (Phi) is 4.17. The normalized spacial score (nSPS) is 12.5. The fourth-order valence-electron chi connectivity index (χ4n) is 1.64. The van der Waals surface area contributed by atoms with Crippen LogP contribution in [0.3, 0.4) is 0 Å². The first kappa shape index (κ1) is 14.0. The molecule has 5 heteroatoms. The summed E-state index contributed by atoms with van der Waals surface area (Å²) in [5.74, 6) is -1.45. The second kappa shape index (κ2) is 5.67. The van der Waals surface area contributed by atoms with Gasteiger partial charge < -0.3 is 5.73 Å². The molecule has 2 aromatic carbocycles. The SMILES string of the molecule is C[C@@H](N)c1cc(F)ccc1Sc1cc(F)ccc1F. The molecule has 2 N–H and O–H groups in total. The van der Waals surface area contributed by atoms with Gasteiger partial charge in [-0.25, -0.2) is 13.2 Å². The minimum atomic E-state index is -0.522. The summed E-state index contributed by atoms with van der Waals surface area (Å²) in [6.45, 7) is 1.71. The predicted molar refractivity (Wildman–Crippen MR) is 69.5 cm³/mol. The minimum Gasteiger partial charge on any atom is -0.324 e. The highest BCUT2D eigenvalue weighted by Gasteiger charge is 2.12. The second-order valence-corrected chi connectivity index (χ2v) is 5.23. The second-order valence-electron chi connectivity index (χ2n) is 4.15. The summed E-state index contributed by atoms with van der Waals surface area (Å²) in [5.41, 5.74) is 6.32. The molecule has 2 rings (SSSR count). The molecular formula is C14H12F3NS. The van der Waals surface area contributed by atoms with Crippen molar-refractivity contribution < 1.29 is 13.2 Å². The lowest BCUT2D eigenvalue weighted by molar-refractivity contribution is 0.577. The highest BCUT2D eigenvalue weighted by atomic mass is 32.2. The molecule has 0 aliphatic rings. The first-order valence-electron chi connectivity index (χ1n) is 5.65. The quantitative estimate of drug-likeness (QED) is 0.910. The first-order valence-corrected chi connectivity index (χ1v) is 6.47. The zero-order valence-electron chi connectivity index (χ0n) is 10.2. The standard InChI is InChI=1S/C14H12F3NS/c1-8(18)11-6-9(15)3-5-13(11)19-14-7-10(16)2-4-12(14)17/h2-8H,18H2,1H3/t8-/m1/s1. The summed E-state index contributed by atoms with van der Waals surface area (Å²) >= 11 is 1.03. The highest BCUT2D eigenvalue weighted by molar-refractivity contribution is 7.99. The number of nitrogens with two attached hydrogens (primary N) is 1. The third-order valence-corrected chi connectivity index (χ3v) is 3.70. The Morgan fingerprint density at radius 3 is 2.26 bits per heavy atom. The van der Waals surface area contributed by atoms with Crippen molar-refractivity contribution in [3.8, 4) is 0 Å². The van der Waals surface area contributed by atoms with Crippen molar-refractivity contribution in [2.24, 2.45) is 5.73 Å². The van der Waals surface area contributed by atoms with Gasteiger partial charge in [0.15, 0.2) is 0 Å². The largest absolute Gasteiger partial charge is 0.324 e. The predicted octanol–water partition coefficient (Wildman–Crippen LogP) is 4.27. The molecule has 0 aliphatic carbocycles. The van der Waals surface area contributed by atoms with E-state index < -0.39 is 23.5 Å². The molecule has 0 heterocycles. The maximum atomic E-state index is 13.6. The van der Waals surface area contributed by atoms with Gasteiger partial charge >= 0.3 is 0 Å². The maximum absolute atomic E-state index is 13.6. The van der Waals surface area contributed by atoms with E-state index in [-0.39, 0.29) is 4.90 Å². The van der Waals surface area contributed by atoms with Gasteiger partial charge in [-0.15, -0.1) is 0 Å². The van der Waals surface area contributed by atoms with E-state index in [0.29, 0.717) is 10.5 Å². The maximum Gasteiger partial charge on any atom is 0.137 e. The van der Waals surface area contributed by atoms with Crippen LogP contribution in [0.5, 0.6) is 0 Å². The molecule has 0 aliphatic heterocycles. The molecule has 0 radical (unpaired) electrons. The molecule has 1 atom stereocenters. The van der Waals surface area contributed by atoms with Crippen molar-refractivity contribution in [1.82, 2.24) is 0 Å². The summed E-state index contributed by atoms with van der Waals surface area (Å²) in [7, 11) is 0. The molecule has 0 spiro atoms. The fraction of sp³-hybridized carbons (Fsp3) is 0.143. The van der Waals surface area contributed by atoms with Crippen LogP contribution in [-0.2, 0) is 0 Å². The molecule has 0 unspecified atom stereocenters. The van der Waals surface area contributed by atoms with Gasteiger partial charge in [-0.05, 0) is 48.9 Å². The third kappa shape index (κ3) is 3.30. The van der Waals surface area contributed by atoms with E-state index in [1.165, 1.54) is 18.2 Å². The van der Waals surface area contributed by atoms with Gasteiger partial charge in [0.2, 0.25) is 0 Å². The molecule has 0 fully saturated rings. The van der Waals surface area contributed by atoms with Gasteiger partial charge in [-0.3, -0.25) is 0 Å². The monoisotopic (exact) mass is 283 g/mol. The van der Waals surface area contributed by atoms with Crippen LogP contribution in [0.4, 0.5) is 13.2 Å². The zero-order chi connectivity index (χ0) is 14.0. The van der Waals surface area contributed by atoms with Crippen molar-refractivity contribution in [2.45, 2.75) is 22.8 Å². The number of hydrogen-bond donors (Lipinski definition) is 1. The van der Waals surface area contributed by atoms with Gasteiger partial charge in [0.05, 0.1) is 4.90 Å². The fourth-order valence-corrected chi connectivity index (χ4v) is 2.71. The summed E-state index contributed by atoms with van der Waals surface area (Å²) in [4.78, 5) is 0.759. The lowest BCUT2D eigenvalue weighted by Gasteiger charge is -2.12. The molecule has 1 nitrogen and oxygen atoms in total. The van der Waals surface area contributed by atoms with Crippen molar-refractivity contribution >= 4 is 11.8 Å². The van der Waals surface area contributed by atoms with E-state index in [0.717, 1.165) is 30.0 Å². The molecular weight excluding hydrogens is 271 g/mol. The van der Waals surface area contributed by atoms with Crippen molar-refractivity contribution in [3.05, 3.63) is 59.4 Å². The number of hydrogen-bond acceptors (Lipinski definition) is 2. The van der Waals surface area contributed by atoms with E-state index in [1.54, 1.807) is 6.92 Å². The van der Waals surface area contributed by atoms with E-state index in [1.807, 2.05) is 0 Å². The summed E-state index contributed by atoms with van der Waals surface area (Å²) < 4.78 is 39.9. The Morgan fingerprint density at radius 2 is 1.58 bits per heavy atom. The van der Waals surface area contributed by atoms with Gasteiger partial charge in [-0.2, -0.15) is 0 Å². The van der Waals surface area contributed by atoms with E-state index >= 15 is 0 Å². The Balaban J connectivity index is 2.40. The molecule has 0 aromatic heterocycles.